The van der Waals surface area contributed by atoms with Gasteiger partial charge in [0.15, 0.2) is 5.82 Å². The van der Waals surface area contributed by atoms with Crippen LogP contribution in [0.1, 0.15) is 18.6 Å². The van der Waals surface area contributed by atoms with Crippen LogP contribution >= 0.6 is 10.0 Å². The highest BCUT2D eigenvalue weighted by Gasteiger charge is 2.40. The fourth-order valence-corrected chi connectivity index (χ4v) is 6.98. The van der Waals surface area contributed by atoms with Gasteiger partial charge in [0.1, 0.15) is 45.9 Å². The Balaban J connectivity index is 2.00. The van der Waals surface area contributed by atoms with E-state index in [0.29, 0.717) is 34.7 Å². The van der Waals surface area contributed by atoms with Crippen molar-refractivity contribution in [1.82, 2.24) is 19.7 Å². The fraction of sp³-hybridized carbons (Fsp3) is 0.367. The van der Waals surface area contributed by atoms with E-state index in [-0.39, 0.29) is 29.8 Å². The van der Waals surface area contributed by atoms with Crippen molar-refractivity contribution < 1.29 is 36.5 Å². The third-order valence-electron chi connectivity index (χ3n) is 7.07. The molecule has 0 saturated heterocycles. The molecular weight excluding hydrogens is 628 g/mol. The molecule has 0 spiro atoms. The van der Waals surface area contributed by atoms with E-state index >= 15 is 0 Å². The summed E-state index contributed by atoms with van der Waals surface area (Å²) in [6.45, 7) is 1.21. The summed E-state index contributed by atoms with van der Waals surface area (Å²) in [6, 6.07) is 12.6. The van der Waals surface area contributed by atoms with Crippen molar-refractivity contribution in [2.45, 2.75) is 18.3 Å². The van der Waals surface area contributed by atoms with Crippen molar-refractivity contribution >= 4 is 26.0 Å². The molecule has 4 rings (SSSR count). The molecule has 2 heterocycles. The minimum Gasteiger partial charge on any atom is -0.494 e. The number of para-hydroxylation sites is 1. The number of nitrogens with zero attached hydrogens (tertiary/aromatic N) is 5. The number of rotatable bonds is 13. The summed E-state index contributed by atoms with van der Waals surface area (Å²) < 4.78 is 76.5. The maximum Gasteiger partial charge on any atom is 0.246 e. The number of hydrogen-bond donors (Lipinski definition) is 1. The third kappa shape index (κ3) is 7.15. The summed E-state index contributed by atoms with van der Waals surface area (Å²) in [5.41, 5.74) is 0.243. The predicted molar refractivity (Wildman–Crippen MR) is 172 cm³/mol. The van der Waals surface area contributed by atoms with Crippen molar-refractivity contribution in [3.8, 4) is 34.6 Å². The van der Waals surface area contributed by atoms with Crippen molar-refractivity contribution in [1.29, 1.82) is 0 Å². The Kier molecular flexibility index (Phi) is 10.2. The molecule has 1 N–H and O–H groups in total. The molecule has 0 radical (unpaired) electrons. The lowest BCUT2D eigenvalue weighted by Gasteiger charge is -2.33. The van der Waals surface area contributed by atoms with Crippen LogP contribution in [-0.2, 0) is 10.0 Å². The zero-order valence-corrected chi connectivity index (χ0v) is 27.7. The van der Waals surface area contributed by atoms with Crippen molar-refractivity contribution in [3.63, 3.8) is 0 Å². The quantitative estimate of drug-likeness (QED) is 0.218. The lowest BCUT2D eigenvalue weighted by Crippen LogP contribution is -2.43. The topological polar surface area (TPSA) is 129 Å². The molecule has 2 aromatic carbocycles. The smallest absolute Gasteiger partial charge is 0.246 e. The number of methoxy groups -OCH3 is 3. The van der Waals surface area contributed by atoms with Gasteiger partial charge < -0.3 is 19.3 Å². The number of aliphatic hydroxyl groups excluding tert-OH is 1. The number of aliphatic hydroxyl groups is 1. The van der Waals surface area contributed by atoms with Crippen molar-refractivity contribution in [2.75, 3.05) is 56.7 Å². The highest BCUT2D eigenvalue weighted by atomic mass is 32.3. The Morgan fingerprint density at radius 2 is 1.58 bits per heavy atom. The molecule has 0 amide bonds. The zero-order valence-electron chi connectivity index (χ0n) is 26.1. The van der Waals surface area contributed by atoms with Crippen LogP contribution in [0.5, 0.6) is 17.4 Å². The van der Waals surface area contributed by atoms with Gasteiger partial charge in [0.2, 0.25) is 21.9 Å². The van der Waals surface area contributed by atoms with Gasteiger partial charge in [-0.25, -0.2) is 36.5 Å². The second-order valence-electron chi connectivity index (χ2n) is 11.0. The van der Waals surface area contributed by atoms with Crippen LogP contribution in [-0.4, -0.2) is 90.9 Å². The first-order valence-electron chi connectivity index (χ1n) is 13.7. The molecule has 0 aliphatic carbocycles. The Bertz CT molecular complexity index is 1740. The SMILES string of the molecule is COc1cccc(-c2nnc(N(CCS(C)(C)C)S(=O)(=O)[C@@H](C)[C@H](O)c3ccc(F)cc3F)n2-c2c(OC)cccc2OC)n1. The molecule has 0 aliphatic rings. The lowest BCUT2D eigenvalue weighted by atomic mass is 10.1. The summed E-state index contributed by atoms with van der Waals surface area (Å²) in [6.07, 6.45) is 4.26. The zero-order chi connectivity index (χ0) is 33.1. The molecule has 244 valence electrons. The Morgan fingerprint density at radius 3 is 2.16 bits per heavy atom. The molecule has 0 saturated carbocycles. The second kappa shape index (κ2) is 13.6. The number of hydrogen-bond acceptors (Lipinski definition) is 9. The van der Waals surface area contributed by atoms with Gasteiger partial charge in [-0.15, -0.1) is 10.2 Å². The van der Waals surface area contributed by atoms with Gasteiger partial charge >= 0.3 is 0 Å². The summed E-state index contributed by atoms with van der Waals surface area (Å²) in [7, 11) is -1.40. The van der Waals surface area contributed by atoms with Crippen LogP contribution in [0.4, 0.5) is 14.7 Å². The van der Waals surface area contributed by atoms with E-state index in [2.05, 4.69) is 15.2 Å². The standard InChI is InChI=1S/C30H37F2N5O6S2/c1-19(28(38)21-15-14-20(31)18-22(21)32)45(39,40)36(16-17-44(5,6)7)30-35-34-29(23-10-8-13-26(33-23)43-4)37(30)27-24(41-2)11-9-12-25(27)42-3/h8-15,18-19,28,38H,16-17H2,1-7H3/t19-,28-/m0/s1. The average molecular weight is 666 g/mol. The number of ether oxygens (including phenoxy) is 3. The third-order valence-corrected chi connectivity index (χ3v) is 10.6. The van der Waals surface area contributed by atoms with Gasteiger partial charge in [-0.05, 0) is 55.7 Å². The number of aromatic nitrogens is 4. The van der Waals surface area contributed by atoms with E-state index in [1.165, 1.54) is 32.8 Å². The first-order valence-corrected chi connectivity index (χ1v) is 18.2. The van der Waals surface area contributed by atoms with Crippen LogP contribution in [0, 0.1) is 11.6 Å². The molecule has 11 nitrogen and oxygen atoms in total. The van der Waals surface area contributed by atoms with Crippen LogP contribution in [0.15, 0.2) is 54.6 Å². The molecule has 4 aromatic rings. The van der Waals surface area contributed by atoms with Crippen LogP contribution in [0.3, 0.4) is 0 Å². The Morgan fingerprint density at radius 1 is 0.933 bits per heavy atom. The maximum atomic E-state index is 14.7. The molecule has 15 heteroatoms. The molecule has 0 aliphatic heterocycles. The summed E-state index contributed by atoms with van der Waals surface area (Å²) >= 11 is 0. The van der Waals surface area contributed by atoms with Gasteiger partial charge in [-0.3, -0.25) is 4.57 Å². The average Bonchev–Trinajstić information content (AvgIpc) is 3.43. The molecule has 0 unspecified atom stereocenters. The van der Waals surface area contributed by atoms with E-state index in [1.54, 1.807) is 36.4 Å². The number of halogens is 2. The van der Waals surface area contributed by atoms with Crippen LogP contribution in [0.2, 0.25) is 0 Å². The number of sulfonamides is 1. The number of pyridine rings is 1. The number of anilines is 1. The normalized spacial score (nSPS) is 13.6. The largest absolute Gasteiger partial charge is 0.494 e. The van der Waals surface area contributed by atoms with E-state index in [4.69, 9.17) is 14.2 Å². The van der Waals surface area contributed by atoms with Crippen LogP contribution < -0.4 is 18.5 Å². The van der Waals surface area contributed by atoms with E-state index in [1.807, 2.05) is 18.8 Å². The van der Waals surface area contributed by atoms with E-state index in [9.17, 15) is 22.3 Å². The van der Waals surface area contributed by atoms with Gasteiger partial charge in [-0.1, -0.05) is 18.2 Å². The van der Waals surface area contributed by atoms with E-state index < -0.39 is 43.0 Å². The molecule has 0 fully saturated rings. The molecule has 0 bridgehead atoms. The fourth-order valence-electron chi connectivity index (χ4n) is 4.57. The van der Waals surface area contributed by atoms with Gasteiger partial charge in [0.05, 0.1) is 21.3 Å². The minimum atomic E-state index is -4.52. The molecular formula is C30H37F2N5O6S2. The predicted octanol–water partition coefficient (Wildman–Crippen LogP) is 4.59. The Hall–Kier alpha value is -3.95. The summed E-state index contributed by atoms with van der Waals surface area (Å²) in [5, 5.41) is 18.3. The lowest BCUT2D eigenvalue weighted by molar-refractivity contribution is 0.171. The summed E-state index contributed by atoms with van der Waals surface area (Å²) in [5.74, 6) is -0.542. The minimum absolute atomic E-state index is 0.0503. The molecule has 2 aromatic heterocycles. The monoisotopic (exact) mass is 665 g/mol. The first-order chi connectivity index (χ1) is 21.2. The maximum absolute atomic E-state index is 14.7. The van der Waals surface area contributed by atoms with Gasteiger partial charge in [-0.2, -0.15) is 0 Å². The highest BCUT2D eigenvalue weighted by molar-refractivity contribution is 8.32. The van der Waals surface area contributed by atoms with E-state index in [0.717, 1.165) is 16.4 Å². The Labute approximate surface area is 263 Å². The first kappa shape index (κ1) is 33.9. The number of benzene rings is 2. The molecule has 2 atom stereocenters. The van der Waals surface area contributed by atoms with Gasteiger partial charge in [0, 0.05) is 24.2 Å². The second-order valence-corrected chi connectivity index (χ2v) is 17.8. The highest BCUT2D eigenvalue weighted by Crippen LogP contribution is 2.41. The molecule has 45 heavy (non-hydrogen) atoms. The van der Waals surface area contributed by atoms with Crippen molar-refractivity contribution in [2.24, 2.45) is 0 Å². The summed E-state index contributed by atoms with van der Waals surface area (Å²) in [4.78, 5) is 4.50. The van der Waals surface area contributed by atoms with Crippen LogP contribution in [0.25, 0.3) is 17.2 Å². The van der Waals surface area contributed by atoms with Gasteiger partial charge in [0.25, 0.3) is 0 Å². The van der Waals surface area contributed by atoms with Crippen molar-refractivity contribution in [3.05, 3.63) is 71.8 Å².